The van der Waals surface area contributed by atoms with Crippen LogP contribution in [0, 0.1) is 11.3 Å². The number of nitriles is 1. The van der Waals surface area contributed by atoms with Crippen LogP contribution in [0.3, 0.4) is 0 Å². The van der Waals surface area contributed by atoms with E-state index >= 15 is 0 Å². The number of hydrogen-bond acceptors (Lipinski definition) is 8. The predicted octanol–water partition coefficient (Wildman–Crippen LogP) is 1.92. The maximum absolute atomic E-state index is 12.9. The van der Waals surface area contributed by atoms with E-state index in [1.807, 2.05) is 0 Å². The van der Waals surface area contributed by atoms with E-state index in [1.54, 1.807) is 22.9 Å². The molecule has 12 nitrogen and oxygen atoms in total. The number of aromatic nitrogens is 3. The monoisotopic (exact) mass is 559 g/mol. The minimum Gasteiger partial charge on any atom is -0.338 e. The molecule has 3 aromatic rings. The lowest BCUT2D eigenvalue weighted by Gasteiger charge is -2.40. The first-order valence-corrected chi connectivity index (χ1v) is 15.2. The second-order valence-electron chi connectivity index (χ2n) is 9.97. The molecule has 2 aliphatic rings. The van der Waals surface area contributed by atoms with Crippen molar-refractivity contribution in [2.75, 3.05) is 32.5 Å². The Bertz CT molecular complexity index is 1670. The van der Waals surface area contributed by atoms with Gasteiger partial charge in [-0.15, -0.1) is 0 Å². The Balaban J connectivity index is 1.51. The summed E-state index contributed by atoms with van der Waals surface area (Å²) in [6.45, 7) is 0.547. The molecule has 0 amide bonds. The largest absolute Gasteiger partial charge is 0.338 e. The number of nitrogens with one attached hydrogen (secondary N) is 2. The van der Waals surface area contributed by atoms with E-state index in [4.69, 9.17) is 5.10 Å². The topological polar surface area (TPSA) is 161 Å². The van der Waals surface area contributed by atoms with Crippen LogP contribution in [-0.4, -0.2) is 72.6 Å². The number of anilines is 2. The Morgan fingerprint density at radius 1 is 1.13 bits per heavy atom. The van der Waals surface area contributed by atoms with Gasteiger partial charge in [0.1, 0.15) is 5.39 Å². The number of benzene rings is 1. The molecule has 0 atom stereocenters. The molecule has 1 aliphatic carbocycles. The van der Waals surface area contributed by atoms with E-state index in [0.717, 1.165) is 4.31 Å². The van der Waals surface area contributed by atoms with Crippen LogP contribution < -0.4 is 10.9 Å². The summed E-state index contributed by atoms with van der Waals surface area (Å²) in [7, 11) is -4.02. The van der Waals surface area contributed by atoms with Gasteiger partial charge < -0.3 is 10.3 Å². The number of sulfonamides is 2. The average Bonchev–Trinajstić information content (AvgIpc) is 3.68. The maximum Gasteiger partial charge on any atom is 0.261 e. The van der Waals surface area contributed by atoms with Gasteiger partial charge in [-0.3, -0.25) is 9.48 Å². The zero-order chi connectivity index (χ0) is 27.3. The minimum atomic E-state index is -3.60. The lowest BCUT2D eigenvalue weighted by Crippen LogP contribution is -2.49. The molecule has 2 fully saturated rings. The number of piperidine rings is 1. The molecule has 0 radical (unpaired) electrons. The summed E-state index contributed by atoms with van der Waals surface area (Å²) < 4.78 is 54.7. The maximum atomic E-state index is 12.9. The summed E-state index contributed by atoms with van der Waals surface area (Å²) in [6, 6.07) is 10.1. The van der Waals surface area contributed by atoms with E-state index in [1.165, 1.54) is 36.7 Å². The number of pyridine rings is 1. The highest BCUT2D eigenvalue weighted by atomic mass is 32.2. The molecular formula is C24H29N7O5S2. The normalized spacial score (nSPS) is 18.5. The van der Waals surface area contributed by atoms with E-state index in [9.17, 15) is 26.9 Å². The predicted molar refractivity (Wildman–Crippen MR) is 142 cm³/mol. The second kappa shape index (κ2) is 9.49. The first kappa shape index (κ1) is 26.4. The fourth-order valence-electron chi connectivity index (χ4n) is 4.93. The average molecular weight is 560 g/mol. The molecule has 0 unspecified atom stereocenters. The van der Waals surface area contributed by atoms with Crippen LogP contribution in [0.15, 0.2) is 46.2 Å². The quantitative estimate of drug-likeness (QED) is 0.423. The summed E-state index contributed by atoms with van der Waals surface area (Å²) in [4.78, 5) is 15.7. The fraction of sp³-hybridized carbons (Fsp3) is 0.458. The Morgan fingerprint density at radius 3 is 2.37 bits per heavy atom. The zero-order valence-electron chi connectivity index (χ0n) is 21.1. The third-order valence-electron chi connectivity index (χ3n) is 7.32. The summed E-state index contributed by atoms with van der Waals surface area (Å²) >= 11 is 0. The highest BCUT2D eigenvalue weighted by Crippen LogP contribution is 2.40. The van der Waals surface area contributed by atoms with Gasteiger partial charge in [-0.1, -0.05) is 0 Å². The van der Waals surface area contributed by atoms with Gasteiger partial charge in [0, 0.05) is 39.1 Å². The molecule has 5 rings (SSSR count). The van der Waals surface area contributed by atoms with Crippen molar-refractivity contribution in [3.05, 3.63) is 46.9 Å². The lowest BCUT2D eigenvalue weighted by atomic mass is 9.85. The zero-order valence-corrected chi connectivity index (χ0v) is 22.7. The van der Waals surface area contributed by atoms with Crippen LogP contribution in [-0.2, 0) is 25.6 Å². The van der Waals surface area contributed by atoms with Crippen molar-refractivity contribution in [1.82, 2.24) is 23.4 Å². The molecule has 1 saturated heterocycles. The number of rotatable bonds is 8. The first-order chi connectivity index (χ1) is 18.0. The number of aromatic amines is 1. The Kier molecular flexibility index (Phi) is 6.59. The number of H-pyrrole nitrogens is 1. The smallest absolute Gasteiger partial charge is 0.261 e. The third-order valence-corrected chi connectivity index (χ3v) is 11.5. The Labute approximate surface area is 221 Å². The molecule has 14 heteroatoms. The van der Waals surface area contributed by atoms with Gasteiger partial charge in [0.05, 0.1) is 33.7 Å². The van der Waals surface area contributed by atoms with Gasteiger partial charge in [0.2, 0.25) is 20.0 Å². The molecule has 0 bridgehead atoms. The van der Waals surface area contributed by atoms with Gasteiger partial charge in [-0.05, 0) is 56.0 Å². The molecule has 3 heterocycles. The van der Waals surface area contributed by atoms with Crippen LogP contribution >= 0.6 is 0 Å². The first-order valence-electron chi connectivity index (χ1n) is 12.3. The number of nitrogens with zero attached hydrogens (tertiary/aromatic N) is 5. The standard InChI is InChI=1S/C24H29N7O5S2/c1-29(2)37(33,34)18-5-3-17(4-6-18)27-22-21-20(9-14-26-23(21)32)31(28-22)24(10-13-25)11-15-30(16-12-24)38(35,36)19-7-8-19/h3-6,9,14,19H,7-8,10-12,15-16H2,1-2H3,(H,26,32)(H,27,28). The summed E-state index contributed by atoms with van der Waals surface area (Å²) in [5.41, 5.74) is -0.113. The van der Waals surface area contributed by atoms with E-state index in [-0.39, 0.29) is 41.0 Å². The van der Waals surface area contributed by atoms with E-state index < -0.39 is 25.6 Å². The lowest BCUT2D eigenvalue weighted by molar-refractivity contribution is 0.153. The molecule has 1 aromatic carbocycles. The molecule has 1 aliphatic heterocycles. The van der Waals surface area contributed by atoms with Crippen molar-refractivity contribution in [1.29, 1.82) is 5.26 Å². The molecule has 1 saturated carbocycles. The minimum absolute atomic E-state index is 0.102. The molecule has 0 spiro atoms. The molecule has 202 valence electrons. The van der Waals surface area contributed by atoms with Crippen molar-refractivity contribution in [3.8, 4) is 6.07 Å². The van der Waals surface area contributed by atoms with Gasteiger partial charge in [-0.25, -0.2) is 25.4 Å². The van der Waals surface area contributed by atoms with Crippen molar-refractivity contribution in [2.45, 2.75) is 47.8 Å². The van der Waals surface area contributed by atoms with Crippen LogP contribution in [0.2, 0.25) is 0 Å². The van der Waals surface area contributed by atoms with Crippen LogP contribution in [0.25, 0.3) is 10.9 Å². The number of fused-ring (bicyclic) bond motifs is 1. The van der Waals surface area contributed by atoms with Gasteiger partial charge >= 0.3 is 0 Å². The van der Waals surface area contributed by atoms with Crippen molar-refractivity contribution in [2.24, 2.45) is 0 Å². The number of hydrogen-bond donors (Lipinski definition) is 2. The molecular weight excluding hydrogens is 530 g/mol. The van der Waals surface area contributed by atoms with Crippen LogP contribution in [0.1, 0.15) is 32.1 Å². The van der Waals surface area contributed by atoms with Crippen LogP contribution in [0.5, 0.6) is 0 Å². The third kappa shape index (κ3) is 4.49. The molecule has 2 aromatic heterocycles. The Hall–Kier alpha value is -3.25. The summed E-state index contributed by atoms with van der Waals surface area (Å²) in [5, 5.41) is 17.6. The second-order valence-corrected chi connectivity index (χ2v) is 14.3. The SMILES string of the molecule is CN(C)S(=O)(=O)c1ccc(Nc2nn(C3(CC#N)CCN(S(=O)(=O)C4CC4)CC3)c3cc[nH]c(=O)c23)cc1. The van der Waals surface area contributed by atoms with E-state index in [0.29, 0.717) is 42.3 Å². The highest BCUT2D eigenvalue weighted by Gasteiger charge is 2.46. The van der Waals surface area contributed by atoms with Gasteiger partial charge in [0.25, 0.3) is 5.56 Å². The summed E-state index contributed by atoms with van der Waals surface area (Å²) in [6.07, 6.45) is 3.75. The van der Waals surface area contributed by atoms with Gasteiger partial charge in [-0.2, -0.15) is 10.4 Å². The molecule has 38 heavy (non-hydrogen) atoms. The van der Waals surface area contributed by atoms with Crippen molar-refractivity contribution >= 4 is 42.5 Å². The summed E-state index contributed by atoms with van der Waals surface area (Å²) in [5.74, 6) is 0.260. The van der Waals surface area contributed by atoms with E-state index in [2.05, 4.69) is 16.4 Å². The van der Waals surface area contributed by atoms with Gasteiger partial charge in [0.15, 0.2) is 5.82 Å². The fourth-order valence-corrected chi connectivity index (χ4v) is 7.68. The molecule has 2 N–H and O–H groups in total. The van der Waals surface area contributed by atoms with Crippen molar-refractivity contribution < 1.29 is 16.8 Å². The van der Waals surface area contributed by atoms with Crippen LogP contribution in [0.4, 0.5) is 11.5 Å². The highest BCUT2D eigenvalue weighted by molar-refractivity contribution is 7.90. The van der Waals surface area contributed by atoms with Crippen molar-refractivity contribution in [3.63, 3.8) is 0 Å². The Morgan fingerprint density at radius 2 is 1.79 bits per heavy atom.